The van der Waals surface area contributed by atoms with Crippen molar-refractivity contribution in [1.29, 1.82) is 10.8 Å². The van der Waals surface area contributed by atoms with Crippen molar-refractivity contribution in [2.45, 2.75) is 0 Å². The van der Waals surface area contributed by atoms with Crippen LogP contribution >= 0.6 is 12.4 Å². The fourth-order valence-corrected chi connectivity index (χ4v) is 0. The molecule has 32 valence electrons. The fourth-order valence-electron chi connectivity index (χ4n) is 0. The van der Waals surface area contributed by atoms with Gasteiger partial charge >= 0.3 is 0 Å². The molecule has 0 rings (SSSR count). The number of hydrogen-bond acceptors (Lipinski definition) is 2. The Morgan fingerprint density at radius 1 is 1.20 bits per heavy atom. The summed E-state index contributed by atoms with van der Waals surface area (Å²) < 4.78 is 0. The summed E-state index contributed by atoms with van der Waals surface area (Å²) in [6.07, 6.45) is 0. The molecule has 0 atom stereocenters. The van der Waals surface area contributed by atoms with E-state index in [1.54, 1.807) is 0 Å². The van der Waals surface area contributed by atoms with E-state index in [2.05, 4.69) is 0 Å². The van der Waals surface area contributed by atoms with Crippen LogP contribution in [0.3, 0.4) is 0 Å². The van der Waals surface area contributed by atoms with Crippen LogP contribution in [0.1, 0.15) is 0 Å². The zero-order chi connectivity index (χ0) is 2.71. The third kappa shape index (κ3) is 70.4. The summed E-state index contributed by atoms with van der Waals surface area (Å²) in [6.45, 7) is 0. The van der Waals surface area contributed by atoms with Crippen molar-refractivity contribution >= 4 is 18.4 Å². The highest BCUT2D eigenvalue weighted by Gasteiger charge is 0.934. The van der Waals surface area contributed by atoms with Gasteiger partial charge in [0.2, 0.25) is 0 Å². The van der Waals surface area contributed by atoms with E-state index in [1.807, 2.05) is 0 Å². The Morgan fingerprint density at radius 3 is 1.20 bits per heavy atom. The van der Waals surface area contributed by atoms with Gasteiger partial charge in [0.05, 0.1) is 6.01 Å². The highest BCUT2D eigenvalue weighted by molar-refractivity contribution is 5.85. The molecule has 0 aromatic heterocycles. The second kappa shape index (κ2) is 63.3. The lowest BCUT2D eigenvalue weighted by atomic mass is 11.6. The highest BCUT2D eigenvalue weighted by Crippen LogP contribution is 0.920. The molecular formula is CH5ClN2O. The second-order valence-corrected chi connectivity index (χ2v) is 0.125. The first kappa shape index (κ1) is 23.0. The molecule has 0 spiro atoms. The largest absolute Gasteiger partial charge is 0.412 e. The molecule has 0 radical (unpaired) electrons. The molecule has 0 unspecified atom stereocenters. The molecule has 0 aromatic rings. The third-order valence-corrected chi connectivity index (χ3v) is 0. The smallest absolute Gasteiger partial charge is 0.0831 e. The molecule has 5 heavy (non-hydrogen) atoms. The minimum absolute atomic E-state index is 0. The van der Waals surface area contributed by atoms with Crippen molar-refractivity contribution < 1.29 is 5.48 Å². The van der Waals surface area contributed by atoms with Crippen molar-refractivity contribution in [3.63, 3.8) is 0 Å². The number of hydrogen-bond donors (Lipinski definition) is 2. The van der Waals surface area contributed by atoms with Gasteiger partial charge in [0.25, 0.3) is 0 Å². The number of nitrogens with one attached hydrogen (secondary N) is 2. The standard InChI is InChI=1S/CH2N2.ClH.H2O/c2-1-3;;/h2-3H;1H;1H2. The van der Waals surface area contributed by atoms with Crippen molar-refractivity contribution in [3.8, 4) is 0 Å². The molecule has 0 aliphatic carbocycles. The molecule has 0 amide bonds. The Morgan fingerprint density at radius 2 is 1.20 bits per heavy atom. The minimum Gasteiger partial charge on any atom is -0.412 e. The maximum absolute atomic E-state index is 5.62. The van der Waals surface area contributed by atoms with Crippen LogP contribution in [0.15, 0.2) is 0 Å². The topological polar surface area (TPSA) is 79.2 Å². The van der Waals surface area contributed by atoms with Crippen molar-refractivity contribution in [1.82, 2.24) is 0 Å². The number of halogens is 1. The predicted molar refractivity (Wildman–Crippen MR) is 21.3 cm³/mol. The van der Waals surface area contributed by atoms with Crippen molar-refractivity contribution in [2.24, 2.45) is 0 Å². The van der Waals surface area contributed by atoms with Crippen LogP contribution in [0.4, 0.5) is 0 Å². The van der Waals surface area contributed by atoms with Gasteiger partial charge in [-0.15, -0.1) is 12.4 Å². The molecule has 3 nitrogen and oxygen atoms in total. The first-order chi connectivity index (χ1) is 1.41. The van der Waals surface area contributed by atoms with Crippen LogP contribution in [0, 0.1) is 10.8 Å². The van der Waals surface area contributed by atoms with Gasteiger partial charge in [0, 0.05) is 0 Å². The summed E-state index contributed by atoms with van der Waals surface area (Å²) >= 11 is 0. The maximum atomic E-state index is 5.62. The lowest BCUT2D eigenvalue weighted by molar-refractivity contribution is 0.824. The van der Waals surface area contributed by atoms with E-state index in [-0.39, 0.29) is 17.9 Å². The summed E-state index contributed by atoms with van der Waals surface area (Å²) in [5, 5.41) is 11.2. The molecule has 0 saturated heterocycles. The zero-order valence-corrected chi connectivity index (χ0v) is 3.22. The summed E-state index contributed by atoms with van der Waals surface area (Å²) in [5.74, 6) is 0. The van der Waals surface area contributed by atoms with E-state index in [1.165, 1.54) is 6.01 Å². The zero-order valence-electron chi connectivity index (χ0n) is 2.41. The normalized spacial score (nSPS) is 1.60. The SMILES string of the molecule is Cl.N=C=N.O. The van der Waals surface area contributed by atoms with Gasteiger partial charge in [0.15, 0.2) is 0 Å². The Labute approximate surface area is 35.7 Å². The van der Waals surface area contributed by atoms with Crippen molar-refractivity contribution in [2.75, 3.05) is 0 Å². The van der Waals surface area contributed by atoms with Gasteiger partial charge < -0.3 is 5.48 Å². The average Bonchev–Trinajstić information content (AvgIpc) is 0.918. The molecule has 0 aliphatic heterocycles. The van der Waals surface area contributed by atoms with E-state index < -0.39 is 0 Å². The number of rotatable bonds is 0. The molecule has 0 saturated carbocycles. The Kier molecular flexibility index (Phi) is 291. The van der Waals surface area contributed by atoms with E-state index in [4.69, 9.17) is 10.8 Å². The van der Waals surface area contributed by atoms with Gasteiger partial charge in [-0.2, -0.15) is 0 Å². The molecule has 0 fully saturated rings. The molecular weight excluding hydrogens is 91.5 g/mol. The molecule has 0 aromatic carbocycles. The lowest BCUT2D eigenvalue weighted by Gasteiger charge is -1.09. The van der Waals surface area contributed by atoms with Crippen molar-refractivity contribution in [3.05, 3.63) is 0 Å². The molecule has 0 aliphatic rings. The van der Waals surface area contributed by atoms with Gasteiger partial charge in [-0.3, -0.25) is 0 Å². The van der Waals surface area contributed by atoms with Crippen LogP contribution in [-0.4, -0.2) is 11.5 Å². The van der Waals surface area contributed by atoms with Gasteiger partial charge in [-0.25, -0.2) is 10.8 Å². The summed E-state index contributed by atoms with van der Waals surface area (Å²) in [6, 6.07) is 1.25. The predicted octanol–water partition coefficient (Wildman–Crippen LogP) is -0.0851. The summed E-state index contributed by atoms with van der Waals surface area (Å²) in [5.41, 5.74) is 0. The van der Waals surface area contributed by atoms with E-state index in [9.17, 15) is 0 Å². The Hall–Kier alpha value is -0.370. The van der Waals surface area contributed by atoms with E-state index in [0.717, 1.165) is 0 Å². The monoisotopic (exact) mass is 96.0 g/mol. The quantitative estimate of drug-likeness (QED) is 0.396. The van der Waals surface area contributed by atoms with Crippen LogP contribution in [0.25, 0.3) is 0 Å². The fraction of sp³-hybridized carbons (Fsp3) is 0. The summed E-state index contributed by atoms with van der Waals surface area (Å²) in [4.78, 5) is 0. The molecule has 0 bridgehead atoms. The Bertz CT molecular complexity index is 30.6. The molecule has 4 N–H and O–H groups in total. The van der Waals surface area contributed by atoms with Crippen LogP contribution < -0.4 is 0 Å². The molecule has 4 heteroatoms. The highest BCUT2D eigenvalue weighted by atomic mass is 35.5. The van der Waals surface area contributed by atoms with Gasteiger partial charge in [0.1, 0.15) is 0 Å². The Balaban J connectivity index is -0.0000000200. The lowest BCUT2D eigenvalue weighted by Crippen LogP contribution is -1.11. The van der Waals surface area contributed by atoms with Crippen LogP contribution in [-0.2, 0) is 0 Å². The summed E-state index contributed by atoms with van der Waals surface area (Å²) in [7, 11) is 0. The average molecular weight is 96.5 g/mol. The van der Waals surface area contributed by atoms with Gasteiger partial charge in [-0.1, -0.05) is 0 Å². The van der Waals surface area contributed by atoms with E-state index >= 15 is 0 Å². The van der Waals surface area contributed by atoms with Crippen LogP contribution in [0.5, 0.6) is 0 Å². The second-order valence-electron chi connectivity index (χ2n) is 0.125. The maximum Gasteiger partial charge on any atom is 0.0831 e. The minimum atomic E-state index is 0. The molecule has 0 heterocycles. The third-order valence-electron chi connectivity index (χ3n) is 0. The van der Waals surface area contributed by atoms with Crippen LogP contribution in [0.2, 0.25) is 0 Å². The first-order valence-corrected chi connectivity index (χ1v) is 0.500. The van der Waals surface area contributed by atoms with E-state index in [0.29, 0.717) is 0 Å². The first-order valence-electron chi connectivity index (χ1n) is 0.500. The van der Waals surface area contributed by atoms with Gasteiger partial charge in [-0.05, 0) is 0 Å².